The van der Waals surface area contributed by atoms with E-state index in [0.717, 1.165) is 0 Å². The van der Waals surface area contributed by atoms with Crippen LogP contribution in [-0.4, -0.2) is 42.6 Å². The summed E-state index contributed by atoms with van der Waals surface area (Å²) in [6, 6.07) is 11.3. The summed E-state index contributed by atoms with van der Waals surface area (Å²) < 4.78 is 16.2. The van der Waals surface area contributed by atoms with Crippen LogP contribution in [0.25, 0.3) is 6.08 Å². The van der Waals surface area contributed by atoms with Crippen molar-refractivity contribution in [1.29, 1.82) is 0 Å². The molecule has 0 radical (unpaired) electrons. The van der Waals surface area contributed by atoms with Crippen LogP contribution in [0.4, 0.5) is 10.5 Å². The maximum absolute atomic E-state index is 12.8. The molecule has 4 rings (SSSR count). The second kappa shape index (κ2) is 8.78. The van der Waals surface area contributed by atoms with Gasteiger partial charge in [0.15, 0.2) is 0 Å². The van der Waals surface area contributed by atoms with Crippen LogP contribution >= 0.6 is 24.0 Å². The first-order valence-corrected chi connectivity index (χ1v) is 10.4. The van der Waals surface area contributed by atoms with E-state index in [4.69, 9.17) is 21.7 Å². The molecule has 2 aromatic rings. The standard InChI is InChI=1S/C21H16N2O6S2/c1-27-19(25)13-3-5-14(6-4-13)29-21(26)23-8-9-28-16-7-2-12(10-15(16)23)11-17-18(24)22-20(30)31-17/h2-7,10-11H,8-9H2,1H3,(H,22,24,30)/b17-11-. The summed E-state index contributed by atoms with van der Waals surface area (Å²) in [5.74, 6) is 0.0917. The molecule has 2 heterocycles. The van der Waals surface area contributed by atoms with E-state index in [1.807, 2.05) is 0 Å². The lowest BCUT2D eigenvalue weighted by Crippen LogP contribution is -2.39. The number of benzene rings is 2. The number of amides is 2. The van der Waals surface area contributed by atoms with Gasteiger partial charge >= 0.3 is 12.1 Å². The monoisotopic (exact) mass is 456 g/mol. The van der Waals surface area contributed by atoms with E-state index in [0.29, 0.717) is 44.9 Å². The second-order valence-corrected chi connectivity index (χ2v) is 8.18. The molecule has 2 aromatic carbocycles. The number of hydrogen-bond donors (Lipinski definition) is 1. The minimum absolute atomic E-state index is 0.254. The van der Waals surface area contributed by atoms with Gasteiger partial charge in [0.1, 0.15) is 22.4 Å². The van der Waals surface area contributed by atoms with Crippen LogP contribution in [0.2, 0.25) is 0 Å². The lowest BCUT2D eigenvalue weighted by Gasteiger charge is -2.29. The summed E-state index contributed by atoms with van der Waals surface area (Å²) >= 11 is 6.19. The Morgan fingerprint density at radius 2 is 2.00 bits per heavy atom. The molecule has 2 aliphatic heterocycles. The van der Waals surface area contributed by atoms with Crippen LogP contribution in [0, 0.1) is 0 Å². The van der Waals surface area contributed by atoms with Gasteiger partial charge in [-0.25, -0.2) is 9.59 Å². The van der Waals surface area contributed by atoms with Crippen LogP contribution in [-0.2, 0) is 9.53 Å². The quantitative estimate of drug-likeness (QED) is 0.427. The Morgan fingerprint density at radius 1 is 1.23 bits per heavy atom. The van der Waals surface area contributed by atoms with Crippen LogP contribution in [0.3, 0.4) is 0 Å². The molecule has 0 aliphatic carbocycles. The maximum Gasteiger partial charge on any atom is 0.419 e. The third-order valence-electron chi connectivity index (χ3n) is 4.49. The van der Waals surface area contributed by atoms with E-state index >= 15 is 0 Å². The zero-order valence-electron chi connectivity index (χ0n) is 16.2. The normalized spacial score (nSPS) is 16.4. The van der Waals surface area contributed by atoms with Crippen molar-refractivity contribution in [3.63, 3.8) is 0 Å². The maximum atomic E-state index is 12.8. The molecule has 1 N–H and O–H groups in total. The number of thioether (sulfide) groups is 1. The van der Waals surface area contributed by atoms with Crippen LogP contribution < -0.4 is 19.7 Å². The fourth-order valence-corrected chi connectivity index (χ4v) is 4.06. The molecule has 8 nitrogen and oxygen atoms in total. The molecule has 2 aliphatic rings. The van der Waals surface area contributed by atoms with E-state index in [2.05, 4.69) is 10.1 Å². The van der Waals surface area contributed by atoms with E-state index in [9.17, 15) is 14.4 Å². The third-order valence-corrected chi connectivity index (χ3v) is 5.65. The highest BCUT2D eigenvalue weighted by Gasteiger charge is 2.27. The Balaban J connectivity index is 1.55. The topological polar surface area (TPSA) is 94.2 Å². The molecule has 0 atom stereocenters. The second-order valence-electron chi connectivity index (χ2n) is 6.46. The predicted molar refractivity (Wildman–Crippen MR) is 119 cm³/mol. The number of esters is 1. The molecule has 0 saturated carbocycles. The minimum Gasteiger partial charge on any atom is -0.490 e. The van der Waals surface area contributed by atoms with Crippen molar-refractivity contribution in [2.24, 2.45) is 0 Å². The van der Waals surface area contributed by atoms with Gasteiger partial charge in [-0.05, 0) is 48.0 Å². The highest BCUT2D eigenvalue weighted by Crippen LogP contribution is 2.35. The van der Waals surface area contributed by atoms with Gasteiger partial charge in [0.25, 0.3) is 5.91 Å². The summed E-state index contributed by atoms with van der Waals surface area (Å²) in [5, 5.41) is 2.57. The largest absolute Gasteiger partial charge is 0.490 e. The fourth-order valence-electron chi connectivity index (χ4n) is 3.02. The Bertz CT molecular complexity index is 1110. The van der Waals surface area contributed by atoms with E-state index in [1.54, 1.807) is 24.3 Å². The molecule has 31 heavy (non-hydrogen) atoms. The summed E-state index contributed by atoms with van der Waals surface area (Å²) in [6.07, 6.45) is 1.11. The summed E-state index contributed by atoms with van der Waals surface area (Å²) in [6.45, 7) is 0.613. The van der Waals surface area contributed by atoms with E-state index in [-0.39, 0.29) is 11.7 Å². The lowest BCUT2D eigenvalue weighted by atomic mass is 10.1. The number of methoxy groups -OCH3 is 1. The average molecular weight is 457 g/mol. The summed E-state index contributed by atoms with van der Waals surface area (Å²) in [4.78, 5) is 38.2. The Morgan fingerprint density at radius 3 is 2.68 bits per heavy atom. The molecule has 0 bridgehead atoms. The zero-order valence-corrected chi connectivity index (χ0v) is 17.9. The van der Waals surface area contributed by atoms with Gasteiger partial charge in [-0.3, -0.25) is 9.69 Å². The number of nitrogens with zero attached hydrogens (tertiary/aromatic N) is 1. The number of rotatable bonds is 3. The van der Waals surface area contributed by atoms with Gasteiger partial charge < -0.3 is 19.5 Å². The molecule has 1 fully saturated rings. The van der Waals surface area contributed by atoms with Crippen molar-refractivity contribution in [3.05, 3.63) is 58.5 Å². The van der Waals surface area contributed by atoms with Gasteiger partial charge in [0.2, 0.25) is 0 Å². The van der Waals surface area contributed by atoms with Crippen LogP contribution in [0.1, 0.15) is 15.9 Å². The van der Waals surface area contributed by atoms with Gasteiger partial charge in [-0.15, -0.1) is 0 Å². The SMILES string of the molecule is COC(=O)c1ccc(OC(=O)N2CCOc3ccc(/C=C4\SC(=S)NC4=O)cc32)cc1. The number of ether oxygens (including phenoxy) is 3. The number of hydrogen-bond acceptors (Lipinski definition) is 8. The summed E-state index contributed by atoms with van der Waals surface area (Å²) in [7, 11) is 1.29. The molecule has 0 spiro atoms. The Labute approximate surface area is 187 Å². The molecule has 0 unspecified atom stereocenters. The number of carbonyl (C=O) groups excluding carboxylic acids is 3. The first kappa shape index (κ1) is 20.9. The van der Waals surface area contributed by atoms with Crippen molar-refractivity contribution in [2.75, 3.05) is 25.2 Å². The molecular weight excluding hydrogens is 440 g/mol. The number of anilines is 1. The van der Waals surface area contributed by atoms with E-state index < -0.39 is 12.1 Å². The molecule has 2 amide bonds. The zero-order chi connectivity index (χ0) is 22.0. The third kappa shape index (κ3) is 4.54. The summed E-state index contributed by atoms with van der Waals surface area (Å²) in [5.41, 5.74) is 1.60. The molecule has 1 saturated heterocycles. The van der Waals surface area contributed by atoms with Gasteiger partial charge in [0.05, 0.1) is 29.8 Å². The van der Waals surface area contributed by atoms with Crippen LogP contribution in [0.15, 0.2) is 47.4 Å². The van der Waals surface area contributed by atoms with Crippen molar-refractivity contribution >= 4 is 58.0 Å². The van der Waals surface area contributed by atoms with Crippen LogP contribution in [0.5, 0.6) is 11.5 Å². The lowest BCUT2D eigenvalue weighted by molar-refractivity contribution is -0.115. The highest BCUT2D eigenvalue weighted by atomic mass is 32.2. The van der Waals surface area contributed by atoms with Crippen molar-refractivity contribution in [3.8, 4) is 11.5 Å². The average Bonchev–Trinajstić information content (AvgIpc) is 3.09. The predicted octanol–water partition coefficient (Wildman–Crippen LogP) is 3.36. The number of thiocarbonyl (C=S) groups is 1. The Hall–Kier alpha value is -3.37. The minimum atomic E-state index is -0.589. The first-order chi connectivity index (χ1) is 14.9. The number of fused-ring (bicyclic) bond motifs is 1. The first-order valence-electron chi connectivity index (χ1n) is 9.14. The molecule has 158 valence electrons. The highest BCUT2D eigenvalue weighted by molar-refractivity contribution is 8.26. The molecule has 0 aromatic heterocycles. The van der Waals surface area contributed by atoms with Gasteiger partial charge in [0, 0.05) is 0 Å². The van der Waals surface area contributed by atoms with Crippen molar-refractivity contribution < 1.29 is 28.6 Å². The van der Waals surface area contributed by atoms with Gasteiger partial charge in [-0.1, -0.05) is 30.0 Å². The fraction of sp³-hybridized carbons (Fsp3) is 0.143. The number of nitrogens with one attached hydrogen (secondary N) is 1. The smallest absolute Gasteiger partial charge is 0.419 e. The number of carbonyl (C=O) groups is 3. The molecular formula is C21H16N2O6S2. The van der Waals surface area contributed by atoms with E-state index in [1.165, 1.54) is 48.0 Å². The molecule has 10 heteroatoms. The Kier molecular flexibility index (Phi) is 5.92. The van der Waals surface area contributed by atoms with Crippen molar-refractivity contribution in [2.45, 2.75) is 0 Å². The van der Waals surface area contributed by atoms with Gasteiger partial charge in [-0.2, -0.15) is 0 Å². The van der Waals surface area contributed by atoms with Crippen molar-refractivity contribution in [1.82, 2.24) is 5.32 Å².